The molecular formula is C19H20F3NO3. The molecule has 0 fully saturated rings. The highest BCUT2D eigenvalue weighted by molar-refractivity contribution is 5.76. The van der Waals surface area contributed by atoms with Crippen LogP contribution in [0.25, 0.3) is 0 Å². The van der Waals surface area contributed by atoms with E-state index in [9.17, 15) is 18.0 Å². The van der Waals surface area contributed by atoms with Gasteiger partial charge in [-0.1, -0.05) is 18.2 Å². The van der Waals surface area contributed by atoms with Crippen LogP contribution in [0, 0.1) is 0 Å². The molecule has 1 amide bonds. The third-order valence-corrected chi connectivity index (χ3v) is 3.83. The fourth-order valence-corrected chi connectivity index (χ4v) is 2.44. The highest BCUT2D eigenvalue weighted by Crippen LogP contribution is 2.29. The molecule has 140 valence electrons. The Balaban J connectivity index is 1.88. The highest BCUT2D eigenvalue weighted by atomic mass is 19.4. The summed E-state index contributed by atoms with van der Waals surface area (Å²) in [6.45, 7) is 0.0503. The van der Waals surface area contributed by atoms with Gasteiger partial charge in [-0.2, -0.15) is 13.2 Å². The van der Waals surface area contributed by atoms with E-state index in [1.165, 1.54) is 13.2 Å². The lowest BCUT2D eigenvalue weighted by molar-refractivity contribution is -0.137. The Morgan fingerprint density at radius 1 is 1.00 bits per heavy atom. The monoisotopic (exact) mass is 367 g/mol. The Hall–Kier alpha value is -2.70. The minimum Gasteiger partial charge on any atom is -0.493 e. The molecule has 0 aliphatic carbocycles. The number of nitrogens with one attached hydrogen (secondary N) is 1. The van der Waals surface area contributed by atoms with Crippen molar-refractivity contribution in [2.24, 2.45) is 0 Å². The van der Waals surface area contributed by atoms with Gasteiger partial charge in [-0.15, -0.1) is 0 Å². The molecule has 0 radical (unpaired) electrons. The van der Waals surface area contributed by atoms with Gasteiger partial charge in [0.1, 0.15) is 0 Å². The van der Waals surface area contributed by atoms with Crippen molar-refractivity contribution in [2.45, 2.75) is 25.6 Å². The van der Waals surface area contributed by atoms with Crippen LogP contribution in [0.15, 0.2) is 42.5 Å². The molecule has 0 unspecified atom stereocenters. The van der Waals surface area contributed by atoms with E-state index in [-0.39, 0.29) is 18.9 Å². The van der Waals surface area contributed by atoms with Crippen LogP contribution in [0.4, 0.5) is 13.2 Å². The lowest BCUT2D eigenvalue weighted by Crippen LogP contribution is -2.23. The topological polar surface area (TPSA) is 47.6 Å². The zero-order valence-corrected chi connectivity index (χ0v) is 14.5. The molecule has 2 aromatic rings. The molecular weight excluding hydrogens is 347 g/mol. The summed E-state index contributed by atoms with van der Waals surface area (Å²) >= 11 is 0. The van der Waals surface area contributed by atoms with Gasteiger partial charge in [0.2, 0.25) is 5.91 Å². The van der Waals surface area contributed by atoms with Crippen molar-refractivity contribution in [3.63, 3.8) is 0 Å². The zero-order chi connectivity index (χ0) is 19.2. The molecule has 0 heterocycles. The molecule has 0 aliphatic rings. The number of carbonyl (C=O) groups excluding carboxylic acids is 1. The van der Waals surface area contributed by atoms with Crippen molar-refractivity contribution < 1.29 is 27.4 Å². The Morgan fingerprint density at radius 2 is 1.73 bits per heavy atom. The Labute approximate surface area is 149 Å². The first-order valence-electron chi connectivity index (χ1n) is 7.97. The number of hydrogen-bond donors (Lipinski definition) is 1. The quantitative estimate of drug-likeness (QED) is 0.806. The fourth-order valence-electron chi connectivity index (χ4n) is 2.44. The number of aryl methyl sites for hydroxylation is 1. The standard InChI is InChI=1S/C19H20F3NO3/c1-25-16-8-6-13(11-17(16)26-2)7-9-18(24)23-12-14-4-3-5-15(10-14)19(20,21)22/h3-6,8,10-11H,7,9,12H2,1-2H3,(H,23,24). The highest BCUT2D eigenvalue weighted by Gasteiger charge is 2.30. The summed E-state index contributed by atoms with van der Waals surface area (Å²) < 4.78 is 48.4. The van der Waals surface area contributed by atoms with E-state index < -0.39 is 11.7 Å². The van der Waals surface area contributed by atoms with Gasteiger partial charge in [0.25, 0.3) is 0 Å². The van der Waals surface area contributed by atoms with Gasteiger partial charge >= 0.3 is 6.18 Å². The van der Waals surface area contributed by atoms with E-state index in [2.05, 4.69) is 5.32 Å². The second kappa shape index (κ2) is 8.60. The minimum atomic E-state index is -4.40. The third-order valence-electron chi connectivity index (χ3n) is 3.83. The van der Waals surface area contributed by atoms with Crippen LogP contribution in [0.2, 0.25) is 0 Å². The van der Waals surface area contributed by atoms with Gasteiger partial charge in [0, 0.05) is 13.0 Å². The van der Waals surface area contributed by atoms with Crippen molar-refractivity contribution in [2.75, 3.05) is 14.2 Å². The van der Waals surface area contributed by atoms with E-state index in [1.807, 2.05) is 6.07 Å². The number of ether oxygens (including phenoxy) is 2. The summed E-state index contributed by atoms with van der Waals surface area (Å²) in [5.41, 5.74) is 0.575. The summed E-state index contributed by atoms with van der Waals surface area (Å²) in [5.74, 6) is 0.941. The first kappa shape index (κ1) is 19.6. The summed E-state index contributed by atoms with van der Waals surface area (Å²) in [5, 5.41) is 2.64. The summed E-state index contributed by atoms with van der Waals surface area (Å²) in [6, 6.07) is 10.3. The maximum atomic E-state index is 12.7. The van der Waals surface area contributed by atoms with Crippen LogP contribution in [0.5, 0.6) is 11.5 Å². The number of carbonyl (C=O) groups is 1. The number of hydrogen-bond acceptors (Lipinski definition) is 3. The van der Waals surface area contributed by atoms with Crippen molar-refractivity contribution in [1.82, 2.24) is 5.32 Å². The SMILES string of the molecule is COc1ccc(CCC(=O)NCc2cccc(C(F)(F)F)c2)cc1OC. The maximum Gasteiger partial charge on any atom is 0.416 e. The molecule has 2 rings (SSSR count). The summed E-state index contributed by atoms with van der Waals surface area (Å²) in [7, 11) is 3.07. The molecule has 0 saturated carbocycles. The Kier molecular flexibility index (Phi) is 6.49. The summed E-state index contributed by atoms with van der Waals surface area (Å²) in [6.07, 6.45) is -3.70. The lowest BCUT2D eigenvalue weighted by atomic mass is 10.1. The molecule has 1 N–H and O–H groups in total. The minimum absolute atomic E-state index is 0.0503. The van der Waals surface area contributed by atoms with Crippen molar-refractivity contribution in [1.29, 1.82) is 0 Å². The van der Waals surface area contributed by atoms with Crippen molar-refractivity contribution >= 4 is 5.91 Å². The smallest absolute Gasteiger partial charge is 0.416 e. The second-order valence-corrected chi connectivity index (χ2v) is 5.66. The summed E-state index contributed by atoms with van der Waals surface area (Å²) in [4.78, 5) is 12.0. The molecule has 0 atom stereocenters. The van der Waals surface area contributed by atoms with Gasteiger partial charge in [0.05, 0.1) is 19.8 Å². The van der Waals surface area contributed by atoms with E-state index >= 15 is 0 Å². The molecule has 0 spiro atoms. The van der Waals surface area contributed by atoms with Crippen LogP contribution in [0.3, 0.4) is 0 Å². The Bertz CT molecular complexity index is 760. The van der Waals surface area contributed by atoms with Gasteiger partial charge in [-0.25, -0.2) is 0 Å². The lowest BCUT2D eigenvalue weighted by Gasteiger charge is -2.11. The van der Waals surface area contributed by atoms with Crippen LogP contribution >= 0.6 is 0 Å². The van der Waals surface area contributed by atoms with E-state index in [4.69, 9.17) is 9.47 Å². The average Bonchev–Trinajstić information content (AvgIpc) is 2.64. The number of alkyl halides is 3. The molecule has 26 heavy (non-hydrogen) atoms. The third kappa shape index (κ3) is 5.40. The molecule has 4 nitrogen and oxygen atoms in total. The Morgan fingerprint density at radius 3 is 2.38 bits per heavy atom. The molecule has 0 saturated heterocycles. The van der Waals surface area contributed by atoms with Crippen molar-refractivity contribution in [3.8, 4) is 11.5 Å². The van der Waals surface area contributed by atoms with Crippen molar-refractivity contribution in [3.05, 3.63) is 59.2 Å². The van der Waals surface area contributed by atoms with Gasteiger partial charge in [0.15, 0.2) is 11.5 Å². The van der Waals surface area contributed by atoms with E-state index in [1.54, 1.807) is 25.3 Å². The largest absolute Gasteiger partial charge is 0.493 e. The predicted octanol–water partition coefficient (Wildman–Crippen LogP) is 3.97. The molecule has 0 bridgehead atoms. The van der Waals surface area contributed by atoms with E-state index in [0.29, 0.717) is 23.5 Å². The normalized spacial score (nSPS) is 11.1. The molecule has 2 aromatic carbocycles. The number of amides is 1. The maximum absolute atomic E-state index is 12.7. The zero-order valence-electron chi connectivity index (χ0n) is 14.5. The molecule has 0 aromatic heterocycles. The fraction of sp³-hybridized carbons (Fsp3) is 0.316. The van der Waals surface area contributed by atoms with Crippen LogP contribution in [-0.2, 0) is 23.9 Å². The number of rotatable bonds is 7. The average molecular weight is 367 g/mol. The first-order valence-corrected chi connectivity index (χ1v) is 7.97. The molecule has 7 heteroatoms. The van der Waals surface area contributed by atoms with Crippen LogP contribution < -0.4 is 14.8 Å². The molecule has 0 aliphatic heterocycles. The van der Waals surface area contributed by atoms with Gasteiger partial charge < -0.3 is 14.8 Å². The second-order valence-electron chi connectivity index (χ2n) is 5.66. The van der Waals surface area contributed by atoms with Crippen LogP contribution in [0.1, 0.15) is 23.1 Å². The van der Waals surface area contributed by atoms with Gasteiger partial charge in [-0.05, 0) is 41.8 Å². The van der Waals surface area contributed by atoms with Crippen LogP contribution in [-0.4, -0.2) is 20.1 Å². The number of methoxy groups -OCH3 is 2. The first-order chi connectivity index (χ1) is 12.3. The number of halogens is 3. The van der Waals surface area contributed by atoms with E-state index in [0.717, 1.165) is 17.7 Å². The predicted molar refractivity (Wildman–Crippen MR) is 91.2 cm³/mol. The van der Waals surface area contributed by atoms with Gasteiger partial charge in [-0.3, -0.25) is 4.79 Å². The number of benzene rings is 2.